The van der Waals surface area contributed by atoms with Crippen molar-refractivity contribution in [1.29, 1.82) is 0 Å². The number of aromatic nitrogens is 1. The molecular formula is C23H28F3NO7. The summed E-state index contributed by atoms with van der Waals surface area (Å²) in [5.41, 5.74) is 2.56. The minimum absolute atomic E-state index is 0.212. The third-order valence-corrected chi connectivity index (χ3v) is 5.00. The summed E-state index contributed by atoms with van der Waals surface area (Å²) in [4.78, 5) is 20.6. The van der Waals surface area contributed by atoms with Crippen LogP contribution in [-0.2, 0) is 27.2 Å². The third-order valence-electron chi connectivity index (χ3n) is 5.00. The van der Waals surface area contributed by atoms with E-state index in [0.717, 1.165) is 5.56 Å². The van der Waals surface area contributed by atoms with Crippen LogP contribution in [0.15, 0.2) is 29.1 Å². The van der Waals surface area contributed by atoms with Crippen molar-refractivity contribution in [3.8, 4) is 22.8 Å². The molecule has 0 amide bonds. The highest BCUT2D eigenvalue weighted by Gasteiger charge is 2.32. The number of fused-ring (bicyclic) bond motifs is 3. The normalized spacial score (nSPS) is 16.6. The highest BCUT2D eigenvalue weighted by Crippen LogP contribution is 2.37. The second kappa shape index (κ2) is 12.5. The van der Waals surface area contributed by atoms with Crippen molar-refractivity contribution >= 4 is 6.79 Å². The first kappa shape index (κ1) is 27.4. The highest BCUT2D eigenvalue weighted by molar-refractivity contribution is 5.71. The van der Waals surface area contributed by atoms with Gasteiger partial charge in [-0.05, 0) is 44.0 Å². The van der Waals surface area contributed by atoms with Gasteiger partial charge in [0.2, 0.25) is 0 Å². The van der Waals surface area contributed by atoms with Gasteiger partial charge in [0.05, 0.1) is 25.5 Å². The van der Waals surface area contributed by atoms with E-state index in [9.17, 15) is 18.0 Å². The van der Waals surface area contributed by atoms with Gasteiger partial charge in [0, 0.05) is 30.3 Å². The molecule has 2 aliphatic heterocycles. The Kier molecular flexibility index (Phi) is 10.1. The largest absolute Gasteiger partial charge is 0.573 e. The minimum Gasteiger partial charge on any atom is -0.490 e. The molecule has 0 radical (unpaired) electrons. The Morgan fingerprint density at radius 1 is 1.24 bits per heavy atom. The minimum atomic E-state index is -4.75. The Hall–Kier alpha value is -2.89. The fourth-order valence-corrected chi connectivity index (χ4v) is 3.70. The Bertz CT molecular complexity index is 1000. The molecule has 2 aliphatic rings. The molecule has 1 saturated heterocycles. The van der Waals surface area contributed by atoms with E-state index < -0.39 is 6.36 Å². The van der Waals surface area contributed by atoms with E-state index >= 15 is 0 Å². The summed E-state index contributed by atoms with van der Waals surface area (Å²) < 4.78 is 59.9. The van der Waals surface area contributed by atoms with Gasteiger partial charge in [-0.2, -0.15) is 0 Å². The van der Waals surface area contributed by atoms with Gasteiger partial charge in [-0.1, -0.05) is 0 Å². The lowest BCUT2D eigenvalue weighted by atomic mass is 9.94. The first-order chi connectivity index (χ1) is 16.2. The number of aliphatic hydroxyl groups is 1. The molecule has 3 heterocycles. The summed E-state index contributed by atoms with van der Waals surface area (Å²) >= 11 is 0. The maximum Gasteiger partial charge on any atom is 0.573 e. The average Bonchev–Trinajstić information content (AvgIpc) is 2.81. The van der Waals surface area contributed by atoms with Crippen LogP contribution < -0.4 is 15.0 Å². The molecule has 1 aromatic heterocycles. The number of carbonyl (C=O) groups excluding carboxylic acids is 1. The van der Waals surface area contributed by atoms with Crippen molar-refractivity contribution in [1.82, 2.24) is 4.57 Å². The topological polar surface area (TPSA) is 96.2 Å². The smallest absolute Gasteiger partial charge is 0.490 e. The summed E-state index contributed by atoms with van der Waals surface area (Å²) in [6.45, 7) is 7.84. The molecule has 34 heavy (non-hydrogen) atoms. The van der Waals surface area contributed by atoms with Crippen LogP contribution >= 0.6 is 0 Å². The van der Waals surface area contributed by atoms with Crippen molar-refractivity contribution < 1.29 is 42.0 Å². The van der Waals surface area contributed by atoms with Crippen LogP contribution in [-0.4, -0.2) is 62.0 Å². The van der Waals surface area contributed by atoms with Crippen LogP contribution in [0.5, 0.6) is 11.5 Å². The van der Waals surface area contributed by atoms with E-state index in [2.05, 4.69) is 4.74 Å². The molecular weight excluding hydrogens is 459 g/mol. The lowest BCUT2D eigenvalue weighted by Gasteiger charge is -2.27. The number of ether oxygens (including phenoxy) is 4. The lowest BCUT2D eigenvalue weighted by Crippen LogP contribution is -2.34. The molecule has 1 N–H and O–H groups in total. The number of benzene rings is 1. The summed E-state index contributed by atoms with van der Waals surface area (Å²) in [6, 6.07) is 5.62. The van der Waals surface area contributed by atoms with Crippen LogP contribution in [0, 0.1) is 6.92 Å². The number of alkyl halides is 3. The van der Waals surface area contributed by atoms with Crippen molar-refractivity contribution in [2.45, 2.75) is 39.3 Å². The second-order valence-electron chi connectivity index (χ2n) is 7.28. The predicted octanol–water partition coefficient (Wildman–Crippen LogP) is 2.89. The van der Waals surface area contributed by atoms with Gasteiger partial charge in [-0.25, -0.2) is 0 Å². The molecule has 11 heteroatoms. The molecule has 1 atom stereocenters. The number of halogens is 3. The van der Waals surface area contributed by atoms with Gasteiger partial charge in [0.25, 0.3) is 5.56 Å². The van der Waals surface area contributed by atoms with E-state index in [1.165, 1.54) is 18.2 Å². The molecule has 2 aromatic rings. The first-order valence-electron chi connectivity index (χ1n) is 10.6. The second-order valence-corrected chi connectivity index (χ2v) is 7.28. The van der Waals surface area contributed by atoms with Crippen LogP contribution in [0.3, 0.4) is 0 Å². The number of hydrogen-bond donors (Lipinski definition) is 1. The molecule has 8 nitrogen and oxygen atoms in total. The van der Waals surface area contributed by atoms with Crippen molar-refractivity contribution in [2.24, 2.45) is 0 Å². The Morgan fingerprint density at radius 3 is 2.56 bits per heavy atom. The molecule has 1 aromatic carbocycles. The van der Waals surface area contributed by atoms with E-state index in [1.807, 2.05) is 13.7 Å². The standard InChI is InChI=1S/C20H20F3NO5.C2H6O.CH2O/c1-12-17(28-11-15-10-26-6-7-27-15)9-18(25)24-5-4-13-8-14(29-20(21,22)23)2-3-16(13)19(12)24;1-2-3;1-2/h2-3,8-9,15H,4-7,10-11H2,1H3;3H,2H2,1H3;1H2. The van der Waals surface area contributed by atoms with Crippen LogP contribution in [0.1, 0.15) is 18.1 Å². The quantitative estimate of drug-likeness (QED) is 0.709. The monoisotopic (exact) mass is 487 g/mol. The van der Waals surface area contributed by atoms with Gasteiger partial charge in [-0.15, -0.1) is 13.2 Å². The Morgan fingerprint density at radius 2 is 1.94 bits per heavy atom. The zero-order chi connectivity index (χ0) is 25.3. The molecule has 0 bridgehead atoms. The predicted molar refractivity (Wildman–Crippen MR) is 117 cm³/mol. The molecule has 1 fully saturated rings. The van der Waals surface area contributed by atoms with Crippen molar-refractivity contribution in [2.75, 3.05) is 33.0 Å². The van der Waals surface area contributed by atoms with Gasteiger partial charge in [-0.3, -0.25) is 4.79 Å². The summed E-state index contributed by atoms with van der Waals surface area (Å²) in [5.74, 6) is 0.158. The Balaban J connectivity index is 0.000000758. The van der Waals surface area contributed by atoms with Crippen LogP contribution in [0.4, 0.5) is 13.2 Å². The summed E-state index contributed by atoms with van der Waals surface area (Å²) in [7, 11) is 0. The SMILES string of the molecule is C=O.CCO.Cc1c(OCC2COCCO2)cc(=O)n2c1-c1ccc(OC(F)(F)F)cc1CC2. The zero-order valence-electron chi connectivity index (χ0n) is 19.0. The fourth-order valence-electron chi connectivity index (χ4n) is 3.70. The van der Waals surface area contributed by atoms with Gasteiger partial charge >= 0.3 is 6.36 Å². The highest BCUT2D eigenvalue weighted by atomic mass is 19.4. The third kappa shape index (κ3) is 7.05. The van der Waals surface area contributed by atoms with Crippen LogP contribution in [0.25, 0.3) is 11.3 Å². The molecule has 0 aliphatic carbocycles. The van der Waals surface area contributed by atoms with Gasteiger partial charge in [0.1, 0.15) is 31.0 Å². The number of aliphatic hydroxyl groups excluding tert-OH is 1. The number of aryl methyl sites for hydroxylation is 1. The number of pyridine rings is 1. The summed E-state index contributed by atoms with van der Waals surface area (Å²) in [5, 5.41) is 7.57. The molecule has 0 saturated carbocycles. The molecule has 188 valence electrons. The van der Waals surface area contributed by atoms with E-state index in [-0.39, 0.29) is 30.6 Å². The molecule has 4 rings (SSSR count). The van der Waals surface area contributed by atoms with Gasteiger partial charge < -0.3 is 33.4 Å². The zero-order valence-corrected chi connectivity index (χ0v) is 19.0. The lowest BCUT2D eigenvalue weighted by molar-refractivity contribution is -0.274. The fraction of sp³-hybridized carbons (Fsp3) is 0.478. The van der Waals surface area contributed by atoms with Crippen LogP contribution in [0.2, 0.25) is 0 Å². The summed E-state index contributed by atoms with van der Waals surface area (Å²) in [6.07, 6.45) is -4.53. The average molecular weight is 487 g/mol. The van der Waals surface area contributed by atoms with Crippen molar-refractivity contribution in [3.05, 3.63) is 45.7 Å². The maximum atomic E-state index is 12.6. The van der Waals surface area contributed by atoms with E-state index in [0.29, 0.717) is 55.4 Å². The molecule has 0 spiro atoms. The number of carbonyl (C=O) groups is 1. The maximum absolute atomic E-state index is 12.6. The first-order valence-corrected chi connectivity index (χ1v) is 10.6. The Labute approximate surface area is 194 Å². The number of nitrogens with zero attached hydrogens (tertiary/aromatic N) is 1. The molecule has 1 unspecified atom stereocenters. The van der Waals surface area contributed by atoms with E-state index in [4.69, 9.17) is 24.1 Å². The number of rotatable bonds is 4. The van der Waals surface area contributed by atoms with Gasteiger partial charge in [0.15, 0.2) is 0 Å². The number of hydrogen-bond acceptors (Lipinski definition) is 7. The van der Waals surface area contributed by atoms with Crippen molar-refractivity contribution in [3.63, 3.8) is 0 Å². The van der Waals surface area contributed by atoms with E-state index in [1.54, 1.807) is 17.6 Å².